The lowest BCUT2D eigenvalue weighted by molar-refractivity contribution is -0.126. The average molecular weight is 330 g/mol. The molecule has 0 bridgehead atoms. The highest BCUT2D eigenvalue weighted by molar-refractivity contribution is 6.03. The van der Waals surface area contributed by atoms with Crippen LogP contribution in [0.2, 0.25) is 0 Å². The van der Waals surface area contributed by atoms with Gasteiger partial charge in [-0.25, -0.2) is 4.39 Å². The Morgan fingerprint density at radius 3 is 2.50 bits per heavy atom. The molecule has 0 unspecified atom stereocenters. The Hall–Kier alpha value is -2.89. The van der Waals surface area contributed by atoms with Crippen LogP contribution >= 0.6 is 0 Å². The molecule has 0 saturated heterocycles. The maximum absolute atomic E-state index is 13.0. The molecule has 0 spiro atoms. The molecule has 0 fully saturated rings. The van der Waals surface area contributed by atoms with Crippen molar-refractivity contribution in [1.29, 1.82) is 0 Å². The van der Waals surface area contributed by atoms with Crippen LogP contribution in [0.4, 0.5) is 10.1 Å². The van der Waals surface area contributed by atoms with Crippen molar-refractivity contribution >= 4 is 17.5 Å². The lowest BCUT2D eigenvalue weighted by Gasteiger charge is -2.07. The third-order valence-electron chi connectivity index (χ3n) is 3.32. The average Bonchev–Trinajstić information content (AvgIpc) is 2.55. The maximum Gasteiger partial charge on any atom is 0.233 e. The summed E-state index contributed by atoms with van der Waals surface area (Å²) < 4.78 is 18.1. The summed E-state index contributed by atoms with van der Waals surface area (Å²) in [5, 5.41) is 5.16. The number of methoxy groups -OCH3 is 1. The summed E-state index contributed by atoms with van der Waals surface area (Å²) >= 11 is 0. The number of hydrogen-bond donors (Lipinski definition) is 2. The van der Waals surface area contributed by atoms with E-state index >= 15 is 0 Å². The Bertz CT molecular complexity index is 702. The summed E-state index contributed by atoms with van der Waals surface area (Å²) in [7, 11) is 1.60. The number of rotatable bonds is 7. The predicted molar refractivity (Wildman–Crippen MR) is 89.4 cm³/mol. The summed E-state index contributed by atoms with van der Waals surface area (Å²) in [5.41, 5.74) is 1.38. The van der Waals surface area contributed by atoms with Crippen molar-refractivity contribution < 1.29 is 18.7 Å². The summed E-state index contributed by atoms with van der Waals surface area (Å²) in [6.45, 7) is 0.429. The predicted octanol–water partition coefficient (Wildman–Crippen LogP) is 2.52. The molecule has 126 valence electrons. The van der Waals surface area contributed by atoms with Gasteiger partial charge in [-0.15, -0.1) is 0 Å². The monoisotopic (exact) mass is 330 g/mol. The molecule has 0 radical (unpaired) electrons. The normalized spacial score (nSPS) is 10.1. The van der Waals surface area contributed by atoms with Gasteiger partial charge in [0.25, 0.3) is 0 Å². The van der Waals surface area contributed by atoms with E-state index in [0.29, 0.717) is 18.7 Å². The zero-order chi connectivity index (χ0) is 17.4. The molecule has 0 aliphatic rings. The number of amides is 2. The molecule has 24 heavy (non-hydrogen) atoms. The molecule has 2 aromatic carbocycles. The van der Waals surface area contributed by atoms with Crippen LogP contribution in [0.5, 0.6) is 5.75 Å². The molecule has 0 aliphatic carbocycles. The van der Waals surface area contributed by atoms with Crippen molar-refractivity contribution in [3.63, 3.8) is 0 Å². The minimum absolute atomic E-state index is 0.306. The minimum atomic E-state index is -0.484. The van der Waals surface area contributed by atoms with Crippen molar-refractivity contribution in [2.75, 3.05) is 19.0 Å². The van der Waals surface area contributed by atoms with Gasteiger partial charge in [-0.1, -0.05) is 18.2 Å². The van der Waals surface area contributed by atoms with E-state index in [4.69, 9.17) is 4.74 Å². The van der Waals surface area contributed by atoms with Crippen molar-refractivity contribution in [3.8, 4) is 5.75 Å². The van der Waals surface area contributed by atoms with E-state index in [0.717, 1.165) is 11.3 Å². The number of halogens is 1. The lowest BCUT2D eigenvalue weighted by Crippen LogP contribution is -2.29. The largest absolute Gasteiger partial charge is 0.497 e. The molecular weight excluding hydrogens is 311 g/mol. The van der Waals surface area contributed by atoms with Crippen LogP contribution < -0.4 is 15.4 Å². The Morgan fingerprint density at radius 2 is 1.83 bits per heavy atom. The number of anilines is 1. The first-order valence-corrected chi connectivity index (χ1v) is 7.52. The van der Waals surface area contributed by atoms with Crippen molar-refractivity contribution in [3.05, 3.63) is 59.9 Å². The Kier molecular flexibility index (Phi) is 6.31. The van der Waals surface area contributed by atoms with Crippen LogP contribution in [-0.4, -0.2) is 25.5 Å². The zero-order valence-corrected chi connectivity index (χ0v) is 13.3. The second kappa shape index (κ2) is 8.67. The van der Waals surface area contributed by atoms with Crippen LogP contribution in [0.15, 0.2) is 48.5 Å². The van der Waals surface area contributed by atoms with Gasteiger partial charge in [0.1, 0.15) is 18.0 Å². The minimum Gasteiger partial charge on any atom is -0.497 e. The van der Waals surface area contributed by atoms with Gasteiger partial charge in [-0.2, -0.15) is 0 Å². The lowest BCUT2D eigenvalue weighted by atomic mass is 10.1. The van der Waals surface area contributed by atoms with Gasteiger partial charge in [0.2, 0.25) is 11.8 Å². The summed E-state index contributed by atoms with van der Waals surface area (Å²) in [6, 6.07) is 13.1. The van der Waals surface area contributed by atoms with Crippen LogP contribution in [0, 0.1) is 5.82 Å². The van der Waals surface area contributed by atoms with E-state index in [1.807, 2.05) is 24.3 Å². The molecular formula is C18H19FN2O3. The van der Waals surface area contributed by atoms with Gasteiger partial charge < -0.3 is 15.4 Å². The quantitative estimate of drug-likeness (QED) is 0.767. The molecule has 0 aromatic heterocycles. The van der Waals surface area contributed by atoms with E-state index in [1.165, 1.54) is 18.2 Å². The van der Waals surface area contributed by atoms with Crippen LogP contribution in [-0.2, 0) is 16.0 Å². The second-order valence-electron chi connectivity index (χ2n) is 5.18. The fourth-order valence-corrected chi connectivity index (χ4v) is 2.12. The van der Waals surface area contributed by atoms with E-state index < -0.39 is 11.7 Å². The Labute approximate surface area is 139 Å². The first kappa shape index (κ1) is 17.5. The van der Waals surface area contributed by atoms with Crippen molar-refractivity contribution in [2.45, 2.75) is 12.8 Å². The van der Waals surface area contributed by atoms with Crippen LogP contribution in [0.25, 0.3) is 0 Å². The van der Waals surface area contributed by atoms with Gasteiger partial charge in [-0.05, 0) is 42.3 Å². The molecule has 0 atom stereocenters. The Morgan fingerprint density at radius 1 is 1.08 bits per heavy atom. The fraction of sp³-hybridized carbons (Fsp3) is 0.222. The van der Waals surface area contributed by atoms with Gasteiger partial charge in [0.15, 0.2) is 0 Å². The first-order valence-electron chi connectivity index (χ1n) is 7.52. The summed E-state index contributed by atoms with van der Waals surface area (Å²) in [4.78, 5) is 23.5. The number of benzene rings is 2. The van der Waals surface area contributed by atoms with E-state index in [-0.39, 0.29) is 12.3 Å². The third kappa shape index (κ3) is 5.72. The molecule has 6 heteroatoms. The highest BCUT2D eigenvalue weighted by Gasteiger charge is 2.09. The molecule has 2 rings (SSSR count). The summed E-state index contributed by atoms with van der Waals surface area (Å²) in [5.74, 6) is -0.534. The number of ether oxygens (including phenoxy) is 1. The molecule has 0 heterocycles. The molecule has 0 saturated carbocycles. The molecule has 5 nitrogen and oxygen atoms in total. The second-order valence-corrected chi connectivity index (χ2v) is 5.18. The van der Waals surface area contributed by atoms with Gasteiger partial charge in [0, 0.05) is 12.2 Å². The van der Waals surface area contributed by atoms with Gasteiger partial charge >= 0.3 is 0 Å². The number of hydrogen-bond acceptors (Lipinski definition) is 3. The van der Waals surface area contributed by atoms with E-state index in [9.17, 15) is 14.0 Å². The van der Waals surface area contributed by atoms with Crippen LogP contribution in [0.1, 0.15) is 12.0 Å². The Balaban J connectivity index is 1.71. The van der Waals surface area contributed by atoms with E-state index in [1.54, 1.807) is 13.2 Å². The third-order valence-corrected chi connectivity index (χ3v) is 3.32. The number of carbonyl (C=O) groups is 2. The van der Waals surface area contributed by atoms with E-state index in [2.05, 4.69) is 10.6 Å². The highest BCUT2D eigenvalue weighted by atomic mass is 19.1. The standard InChI is InChI=1S/C18H19FN2O3/c1-24-16-7-5-13(6-8-16)9-10-20-17(22)12-18(23)21-15-4-2-3-14(19)11-15/h2-8,11H,9-10,12H2,1H3,(H,20,22)(H,21,23). The molecule has 2 amide bonds. The first-order chi connectivity index (χ1) is 11.6. The molecule has 2 aromatic rings. The van der Waals surface area contributed by atoms with Crippen molar-refractivity contribution in [1.82, 2.24) is 5.32 Å². The number of nitrogens with one attached hydrogen (secondary N) is 2. The van der Waals surface area contributed by atoms with Gasteiger partial charge in [-0.3, -0.25) is 9.59 Å². The highest BCUT2D eigenvalue weighted by Crippen LogP contribution is 2.11. The summed E-state index contributed by atoms with van der Waals surface area (Å²) in [6.07, 6.45) is 0.348. The van der Waals surface area contributed by atoms with Crippen molar-refractivity contribution in [2.24, 2.45) is 0 Å². The number of carbonyl (C=O) groups excluding carboxylic acids is 2. The smallest absolute Gasteiger partial charge is 0.233 e. The maximum atomic E-state index is 13.0. The topological polar surface area (TPSA) is 67.4 Å². The SMILES string of the molecule is COc1ccc(CCNC(=O)CC(=O)Nc2cccc(F)c2)cc1. The van der Waals surface area contributed by atoms with Crippen LogP contribution in [0.3, 0.4) is 0 Å². The zero-order valence-electron chi connectivity index (χ0n) is 13.3. The van der Waals surface area contributed by atoms with Gasteiger partial charge in [0.05, 0.1) is 7.11 Å². The molecule has 0 aliphatic heterocycles. The molecule has 2 N–H and O–H groups in total. The fourth-order valence-electron chi connectivity index (χ4n) is 2.12.